The summed E-state index contributed by atoms with van der Waals surface area (Å²) in [4.78, 5) is 14.6. The van der Waals surface area contributed by atoms with E-state index >= 15 is 0 Å². The van der Waals surface area contributed by atoms with E-state index in [2.05, 4.69) is 32.2 Å². The Morgan fingerprint density at radius 3 is 2.58 bits per heavy atom. The summed E-state index contributed by atoms with van der Waals surface area (Å²) in [6, 6.07) is 9.98. The Hall–Kier alpha value is -1.92. The number of nitrogens with zero attached hydrogens (tertiary/aromatic N) is 4. The zero-order chi connectivity index (χ0) is 17.2. The quantitative estimate of drug-likeness (QED) is 0.887. The predicted octanol–water partition coefficient (Wildman–Crippen LogP) is 2.00. The summed E-state index contributed by atoms with van der Waals surface area (Å²) < 4.78 is 2.12. The fourth-order valence-corrected chi connectivity index (χ4v) is 3.98. The normalized spacial score (nSPS) is 20.6. The van der Waals surface area contributed by atoms with Crippen molar-refractivity contribution in [2.75, 3.05) is 20.1 Å². The Morgan fingerprint density at radius 2 is 1.85 bits per heavy atom. The van der Waals surface area contributed by atoms with Gasteiger partial charge in [0.15, 0.2) is 5.82 Å². The third kappa shape index (κ3) is 3.76. The second-order valence-electron chi connectivity index (χ2n) is 7.20. The van der Waals surface area contributed by atoms with Crippen molar-refractivity contribution in [2.45, 2.75) is 38.3 Å². The molecule has 26 heavy (non-hydrogen) atoms. The maximum absolute atomic E-state index is 12.9. The number of halogens is 1. The molecule has 1 amide bonds. The molecule has 2 aliphatic rings. The molecule has 1 aromatic heterocycles. The van der Waals surface area contributed by atoms with Gasteiger partial charge in [0.25, 0.3) is 0 Å². The van der Waals surface area contributed by atoms with Crippen molar-refractivity contribution in [3.05, 3.63) is 47.5 Å². The summed E-state index contributed by atoms with van der Waals surface area (Å²) in [5.41, 5.74) is 1.17. The molecule has 1 fully saturated rings. The minimum atomic E-state index is -0.233. The number of rotatable bonds is 4. The number of amides is 1. The summed E-state index contributed by atoms with van der Waals surface area (Å²) in [5.74, 6) is 2.67. The topological polar surface area (TPSA) is 63.1 Å². The van der Waals surface area contributed by atoms with Gasteiger partial charge < -0.3 is 14.8 Å². The molecule has 3 heterocycles. The maximum atomic E-state index is 12.9. The molecular weight excluding hydrogens is 350 g/mol. The summed E-state index contributed by atoms with van der Waals surface area (Å²) in [6.07, 6.45) is 3.93. The third-order valence-electron chi connectivity index (χ3n) is 5.39. The van der Waals surface area contributed by atoms with Gasteiger partial charge in [0, 0.05) is 19.9 Å². The Balaban J connectivity index is 0.00000196. The molecule has 140 valence electrons. The van der Waals surface area contributed by atoms with Gasteiger partial charge in [-0.3, -0.25) is 4.79 Å². The number of hydrogen-bond donors (Lipinski definition) is 1. The van der Waals surface area contributed by atoms with Crippen LogP contribution in [0, 0.1) is 5.92 Å². The molecule has 0 unspecified atom stereocenters. The van der Waals surface area contributed by atoms with Gasteiger partial charge in [-0.15, -0.1) is 22.6 Å². The van der Waals surface area contributed by atoms with Gasteiger partial charge in [-0.25, -0.2) is 0 Å². The first kappa shape index (κ1) is 18.9. The molecule has 0 aliphatic carbocycles. The summed E-state index contributed by atoms with van der Waals surface area (Å²) >= 11 is 0. The molecule has 2 aromatic rings. The van der Waals surface area contributed by atoms with Gasteiger partial charge in [0.05, 0.1) is 6.54 Å². The van der Waals surface area contributed by atoms with Crippen LogP contribution in [-0.2, 0) is 24.2 Å². The number of nitrogens with one attached hydrogen (secondary N) is 1. The minimum absolute atomic E-state index is 0. The Morgan fingerprint density at radius 1 is 1.12 bits per heavy atom. The van der Waals surface area contributed by atoms with Crippen LogP contribution in [0.5, 0.6) is 0 Å². The van der Waals surface area contributed by atoms with E-state index in [0.717, 1.165) is 31.2 Å². The number of fused-ring (bicyclic) bond motifs is 1. The van der Waals surface area contributed by atoms with Gasteiger partial charge >= 0.3 is 0 Å². The zero-order valence-electron chi connectivity index (χ0n) is 15.1. The number of hydrogen-bond acceptors (Lipinski definition) is 4. The monoisotopic (exact) mass is 375 g/mol. The first-order valence-corrected chi connectivity index (χ1v) is 9.14. The van der Waals surface area contributed by atoms with Crippen LogP contribution >= 0.6 is 12.4 Å². The molecule has 6 nitrogen and oxygen atoms in total. The highest BCUT2D eigenvalue weighted by Crippen LogP contribution is 2.28. The lowest BCUT2D eigenvalue weighted by molar-refractivity contribution is -0.136. The van der Waals surface area contributed by atoms with Crippen molar-refractivity contribution in [1.82, 2.24) is 25.0 Å². The van der Waals surface area contributed by atoms with Crippen molar-refractivity contribution in [2.24, 2.45) is 5.92 Å². The highest BCUT2D eigenvalue weighted by molar-refractivity contribution is 5.85. The van der Waals surface area contributed by atoms with Gasteiger partial charge in [-0.05, 0) is 37.4 Å². The molecule has 1 aromatic carbocycles. The SMILES string of the molecule is CN1Cc2nnc(CC3CCNCC3)n2[C@@H](Cc2ccccc2)C1=O.Cl. The summed E-state index contributed by atoms with van der Waals surface area (Å²) in [6.45, 7) is 2.69. The Kier molecular flexibility index (Phi) is 5.94. The lowest BCUT2D eigenvalue weighted by Gasteiger charge is -2.32. The van der Waals surface area contributed by atoms with Crippen molar-refractivity contribution in [1.29, 1.82) is 0 Å². The second kappa shape index (κ2) is 8.18. The fourth-order valence-electron chi connectivity index (χ4n) is 3.98. The number of likely N-dealkylation sites (N-methyl/N-ethyl adjacent to an activating group) is 1. The van der Waals surface area contributed by atoms with Crippen LogP contribution in [0.15, 0.2) is 30.3 Å². The van der Waals surface area contributed by atoms with E-state index in [9.17, 15) is 4.79 Å². The van der Waals surface area contributed by atoms with Crippen LogP contribution in [0.1, 0.15) is 36.1 Å². The fraction of sp³-hybridized carbons (Fsp3) is 0.526. The van der Waals surface area contributed by atoms with Crippen LogP contribution in [0.25, 0.3) is 0 Å². The average Bonchev–Trinajstić information content (AvgIpc) is 3.03. The molecule has 7 heteroatoms. The van der Waals surface area contributed by atoms with E-state index in [1.165, 1.54) is 18.4 Å². The lowest BCUT2D eigenvalue weighted by Crippen LogP contribution is -2.42. The first-order chi connectivity index (χ1) is 12.2. The van der Waals surface area contributed by atoms with E-state index in [4.69, 9.17) is 0 Å². The van der Waals surface area contributed by atoms with Gasteiger partial charge in [0.2, 0.25) is 5.91 Å². The molecule has 0 spiro atoms. The molecule has 4 rings (SSSR count). The van der Waals surface area contributed by atoms with Gasteiger partial charge in [-0.1, -0.05) is 30.3 Å². The molecule has 1 atom stereocenters. The van der Waals surface area contributed by atoms with Crippen LogP contribution in [0.2, 0.25) is 0 Å². The van der Waals surface area contributed by atoms with Crippen molar-refractivity contribution in [3.8, 4) is 0 Å². The number of carbonyl (C=O) groups is 1. The highest BCUT2D eigenvalue weighted by Gasteiger charge is 2.34. The zero-order valence-corrected chi connectivity index (χ0v) is 15.9. The standard InChI is InChI=1S/C19H25N5O.ClH/c1-23-13-18-22-21-17(12-15-7-9-20-10-8-15)24(18)16(19(23)25)11-14-5-3-2-4-6-14;/h2-6,15-16,20H,7-13H2,1H3;1H/t16-;/m0./s1. The van der Waals surface area contributed by atoms with Crippen LogP contribution in [-0.4, -0.2) is 45.7 Å². The molecule has 0 radical (unpaired) electrons. The molecular formula is C19H26ClN5O. The highest BCUT2D eigenvalue weighted by atomic mass is 35.5. The number of carbonyl (C=O) groups excluding carboxylic acids is 1. The van der Waals surface area contributed by atoms with Crippen molar-refractivity contribution >= 4 is 18.3 Å². The smallest absolute Gasteiger partial charge is 0.246 e. The third-order valence-corrected chi connectivity index (χ3v) is 5.39. The van der Waals surface area contributed by atoms with E-state index < -0.39 is 0 Å². The molecule has 2 aliphatic heterocycles. The molecule has 0 saturated carbocycles. The van der Waals surface area contributed by atoms with Crippen LogP contribution < -0.4 is 5.32 Å². The number of piperidine rings is 1. The van der Waals surface area contributed by atoms with Crippen molar-refractivity contribution in [3.63, 3.8) is 0 Å². The molecule has 1 saturated heterocycles. The average molecular weight is 376 g/mol. The van der Waals surface area contributed by atoms with Crippen molar-refractivity contribution < 1.29 is 4.79 Å². The second-order valence-corrected chi connectivity index (χ2v) is 7.20. The van der Waals surface area contributed by atoms with E-state index in [0.29, 0.717) is 18.9 Å². The van der Waals surface area contributed by atoms with E-state index in [1.54, 1.807) is 4.90 Å². The van der Waals surface area contributed by atoms with Crippen LogP contribution in [0.3, 0.4) is 0 Å². The minimum Gasteiger partial charge on any atom is -0.336 e. The largest absolute Gasteiger partial charge is 0.336 e. The van der Waals surface area contributed by atoms with Crippen LogP contribution in [0.4, 0.5) is 0 Å². The first-order valence-electron chi connectivity index (χ1n) is 9.14. The molecule has 1 N–H and O–H groups in total. The van der Waals surface area contributed by atoms with E-state index in [-0.39, 0.29) is 24.4 Å². The Bertz CT molecular complexity index is 742. The molecule has 0 bridgehead atoms. The maximum Gasteiger partial charge on any atom is 0.246 e. The summed E-state index contributed by atoms with van der Waals surface area (Å²) in [5, 5.41) is 12.3. The lowest BCUT2D eigenvalue weighted by atomic mass is 9.94. The van der Waals surface area contributed by atoms with E-state index in [1.807, 2.05) is 25.2 Å². The predicted molar refractivity (Wildman–Crippen MR) is 102 cm³/mol. The van der Waals surface area contributed by atoms with Gasteiger partial charge in [0.1, 0.15) is 11.9 Å². The number of benzene rings is 1. The summed E-state index contributed by atoms with van der Waals surface area (Å²) in [7, 11) is 1.85. The van der Waals surface area contributed by atoms with Gasteiger partial charge in [-0.2, -0.15) is 0 Å². The Labute approximate surface area is 160 Å². The number of aromatic nitrogens is 3.